The zero-order valence-corrected chi connectivity index (χ0v) is 15.3. The lowest BCUT2D eigenvalue weighted by Crippen LogP contribution is -2.48. The van der Waals surface area contributed by atoms with Crippen molar-refractivity contribution in [3.8, 4) is 0 Å². The summed E-state index contributed by atoms with van der Waals surface area (Å²) in [5, 5.41) is 0.622. The molecule has 26 heavy (non-hydrogen) atoms. The minimum absolute atomic E-state index is 0.170. The van der Waals surface area contributed by atoms with Gasteiger partial charge in [0.15, 0.2) is 10.9 Å². The number of thiazole rings is 1. The Balaban J connectivity index is 1.49. The predicted octanol–water partition coefficient (Wildman–Crippen LogP) is 1.50. The van der Waals surface area contributed by atoms with Gasteiger partial charge in [-0.2, -0.15) is 4.31 Å². The SMILES string of the molecule is NC(=O)c1ccc(S(=O)(=O)N2CCN(c3nc4ccccc4s3)CC2)o1. The lowest BCUT2D eigenvalue weighted by Gasteiger charge is -2.33. The van der Waals surface area contributed by atoms with Gasteiger partial charge in [-0.05, 0) is 24.3 Å². The number of hydrogen-bond donors (Lipinski definition) is 1. The second-order valence-corrected chi connectivity index (χ2v) is 8.72. The molecular weight excluding hydrogens is 376 g/mol. The van der Waals surface area contributed by atoms with Gasteiger partial charge in [0.1, 0.15) is 0 Å². The molecule has 1 amide bonds. The Bertz CT molecular complexity index is 1030. The number of para-hydroxylation sites is 1. The first-order valence-corrected chi connectivity index (χ1v) is 10.2. The van der Waals surface area contributed by atoms with Crippen molar-refractivity contribution in [1.29, 1.82) is 0 Å². The summed E-state index contributed by atoms with van der Waals surface area (Å²) in [6.45, 7) is 1.68. The van der Waals surface area contributed by atoms with Gasteiger partial charge in [0, 0.05) is 26.2 Å². The minimum Gasteiger partial charge on any atom is -0.438 e. The number of anilines is 1. The second kappa shape index (κ2) is 6.38. The number of hydrogen-bond acceptors (Lipinski definition) is 7. The van der Waals surface area contributed by atoms with E-state index >= 15 is 0 Å². The maximum Gasteiger partial charge on any atom is 0.284 e. The first-order chi connectivity index (χ1) is 12.4. The molecule has 3 heterocycles. The normalized spacial score (nSPS) is 16.2. The third-order valence-electron chi connectivity index (χ3n) is 4.21. The molecule has 4 rings (SSSR count). The van der Waals surface area contributed by atoms with E-state index in [0.29, 0.717) is 26.2 Å². The molecular formula is C16H16N4O4S2. The number of rotatable bonds is 4. The van der Waals surface area contributed by atoms with Crippen molar-refractivity contribution in [2.24, 2.45) is 5.73 Å². The van der Waals surface area contributed by atoms with Gasteiger partial charge in [-0.15, -0.1) is 0 Å². The van der Waals surface area contributed by atoms with Crippen LogP contribution in [0.3, 0.4) is 0 Å². The van der Waals surface area contributed by atoms with E-state index in [-0.39, 0.29) is 10.9 Å². The molecule has 10 heteroatoms. The van der Waals surface area contributed by atoms with Gasteiger partial charge in [-0.3, -0.25) is 4.79 Å². The first-order valence-electron chi connectivity index (χ1n) is 7.95. The maximum absolute atomic E-state index is 12.7. The number of nitrogens with zero attached hydrogens (tertiary/aromatic N) is 3. The molecule has 1 aliphatic heterocycles. The third-order valence-corrected chi connectivity index (χ3v) is 7.08. The van der Waals surface area contributed by atoms with Crippen LogP contribution in [0.4, 0.5) is 5.13 Å². The molecule has 0 atom stereocenters. The molecule has 1 aromatic carbocycles. The van der Waals surface area contributed by atoms with Crippen LogP contribution in [0.1, 0.15) is 10.6 Å². The van der Waals surface area contributed by atoms with Crippen LogP contribution in [0.25, 0.3) is 10.2 Å². The maximum atomic E-state index is 12.7. The number of aromatic nitrogens is 1. The van der Waals surface area contributed by atoms with E-state index < -0.39 is 15.9 Å². The van der Waals surface area contributed by atoms with Crippen LogP contribution in [0.2, 0.25) is 0 Å². The van der Waals surface area contributed by atoms with Crippen molar-refractivity contribution in [1.82, 2.24) is 9.29 Å². The molecule has 1 fully saturated rings. The standard InChI is InChI=1S/C16H16N4O4S2/c17-15(21)12-5-6-14(24-12)26(22,23)20-9-7-19(8-10-20)16-18-11-3-1-2-4-13(11)25-16/h1-6H,7-10H2,(H2,17,21). The molecule has 8 nitrogen and oxygen atoms in total. The number of furan rings is 1. The van der Waals surface area contributed by atoms with Gasteiger partial charge in [0.2, 0.25) is 5.09 Å². The molecule has 1 aliphatic rings. The largest absolute Gasteiger partial charge is 0.438 e. The van der Waals surface area contributed by atoms with Crippen LogP contribution in [0.5, 0.6) is 0 Å². The number of carbonyl (C=O) groups is 1. The highest BCUT2D eigenvalue weighted by atomic mass is 32.2. The van der Waals surface area contributed by atoms with Gasteiger partial charge >= 0.3 is 0 Å². The highest BCUT2D eigenvalue weighted by Gasteiger charge is 2.32. The van der Waals surface area contributed by atoms with Crippen molar-refractivity contribution in [2.45, 2.75) is 5.09 Å². The Hall–Kier alpha value is -2.43. The van der Waals surface area contributed by atoms with Crippen LogP contribution in [-0.2, 0) is 10.0 Å². The number of primary amides is 1. The molecule has 0 spiro atoms. The highest BCUT2D eigenvalue weighted by Crippen LogP contribution is 2.30. The van der Waals surface area contributed by atoms with Gasteiger partial charge < -0.3 is 15.1 Å². The number of amides is 1. The van der Waals surface area contributed by atoms with Crippen LogP contribution >= 0.6 is 11.3 Å². The molecule has 0 radical (unpaired) electrons. The van der Waals surface area contributed by atoms with Crippen molar-refractivity contribution in [3.63, 3.8) is 0 Å². The van der Waals surface area contributed by atoms with Crippen LogP contribution in [0.15, 0.2) is 45.9 Å². The Morgan fingerprint density at radius 3 is 2.50 bits per heavy atom. The van der Waals surface area contributed by atoms with Gasteiger partial charge in [0.05, 0.1) is 10.2 Å². The molecule has 136 valence electrons. The summed E-state index contributed by atoms with van der Waals surface area (Å²) < 4.78 is 32.8. The molecule has 0 unspecified atom stereocenters. The van der Waals surface area contributed by atoms with E-state index in [1.807, 2.05) is 24.3 Å². The van der Waals surface area contributed by atoms with Crippen LogP contribution in [0, 0.1) is 0 Å². The molecule has 1 saturated heterocycles. The highest BCUT2D eigenvalue weighted by molar-refractivity contribution is 7.89. The number of sulfonamides is 1. The number of fused-ring (bicyclic) bond motifs is 1. The molecule has 3 aromatic rings. The zero-order chi connectivity index (χ0) is 18.3. The van der Waals surface area contributed by atoms with Gasteiger partial charge in [-0.25, -0.2) is 13.4 Å². The summed E-state index contributed by atoms with van der Waals surface area (Å²) in [7, 11) is -3.79. The summed E-state index contributed by atoms with van der Waals surface area (Å²) >= 11 is 1.59. The van der Waals surface area contributed by atoms with E-state index in [1.54, 1.807) is 11.3 Å². The second-order valence-electron chi connectivity index (χ2n) is 5.84. The fourth-order valence-corrected chi connectivity index (χ4v) is 5.18. The van der Waals surface area contributed by atoms with Crippen molar-refractivity contribution in [3.05, 3.63) is 42.2 Å². The third kappa shape index (κ3) is 2.96. The quantitative estimate of drug-likeness (QED) is 0.720. The molecule has 0 bridgehead atoms. The Kier molecular flexibility index (Phi) is 4.17. The fourth-order valence-electron chi connectivity index (χ4n) is 2.83. The lowest BCUT2D eigenvalue weighted by atomic mass is 10.3. The summed E-state index contributed by atoms with van der Waals surface area (Å²) in [5.41, 5.74) is 6.05. The molecule has 0 saturated carbocycles. The lowest BCUT2D eigenvalue weighted by molar-refractivity contribution is 0.0968. The smallest absolute Gasteiger partial charge is 0.284 e. The average Bonchev–Trinajstić information content (AvgIpc) is 3.29. The zero-order valence-electron chi connectivity index (χ0n) is 13.7. The Morgan fingerprint density at radius 2 is 1.85 bits per heavy atom. The van der Waals surface area contributed by atoms with Crippen molar-refractivity contribution < 1.29 is 17.6 Å². The minimum atomic E-state index is -3.79. The van der Waals surface area contributed by atoms with Crippen LogP contribution < -0.4 is 10.6 Å². The van der Waals surface area contributed by atoms with E-state index in [0.717, 1.165) is 15.3 Å². The number of carbonyl (C=O) groups excluding carboxylic acids is 1. The first kappa shape index (κ1) is 17.0. The average molecular weight is 392 g/mol. The number of nitrogens with two attached hydrogens (primary N) is 1. The summed E-state index contributed by atoms with van der Waals surface area (Å²) in [6.07, 6.45) is 0. The summed E-state index contributed by atoms with van der Waals surface area (Å²) in [5.74, 6) is -0.969. The van der Waals surface area contributed by atoms with E-state index in [1.165, 1.54) is 16.4 Å². The van der Waals surface area contributed by atoms with Gasteiger partial charge in [0.25, 0.3) is 15.9 Å². The Labute approximate surface area is 153 Å². The van der Waals surface area contributed by atoms with Crippen molar-refractivity contribution >= 4 is 42.6 Å². The van der Waals surface area contributed by atoms with E-state index in [2.05, 4.69) is 9.88 Å². The summed E-state index contributed by atoms with van der Waals surface area (Å²) in [6, 6.07) is 10.4. The molecule has 2 aromatic heterocycles. The Morgan fingerprint density at radius 1 is 1.12 bits per heavy atom. The molecule has 0 aliphatic carbocycles. The van der Waals surface area contributed by atoms with E-state index in [4.69, 9.17) is 10.2 Å². The topological polar surface area (TPSA) is 110 Å². The monoisotopic (exact) mass is 392 g/mol. The van der Waals surface area contributed by atoms with Gasteiger partial charge in [-0.1, -0.05) is 23.5 Å². The number of piperazine rings is 1. The van der Waals surface area contributed by atoms with Crippen molar-refractivity contribution in [2.75, 3.05) is 31.1 Å². The fraction of sp³-hybridized carbons (Fsp3) is 0.250. The number of benzene rings is 1. The summed E-state index contributed by atoms with van der Waals surface area (Å²) in [4.78, 5) is 17.8. The molecule has 2 N–H and O–H groups in total. The predicted molar refractivity (Wildman–Crippen MR) is 97.8 cm³/mol. The van der Waals surface area contributed by atoms with E-state index in [9.17, 15) is 13.2 Å². The van der Waals surface area contributed by atoms with Crippen LogP contribution in [-0.4, -0.2) is 49.8 Å².